The number of aromatic nitrogens is 3. The largest absolute Gasteiger partial charge is 0.308 e. The first kappa shape index (κ1) is 19.7. The maximum absolute atomic E-state index is 13.3. The quantitative estimate of drug-likeness (QED) is 0.575. The monoisotopic (exact) mass is 406 g/mol. The summed E-state index contributed by atoms with van der Waals surface area (Å²) in [6.07, 6.45) is 0.905. The highest BCUT2D eigenvalue weighted by Crippen LogP contribution is 2.35. The van der Waals surface area contributed by atoms with Crippen LogP contribution in [0.3, 0.4) is 0 Å². The first-order valence-corrected chi connectivity index (χ1v) is 11.0. The Kier molecular flexibility index (Phi) is 5.46. The van der Waals surface area contributed by atoms with E-state index in [2.05, 4.69) is 53.7 Å². The van der Waals surface area contributed by atoms with Crippen molar-refractivity contribution in [3.63, 3.8) is 0 Å². The van der Waals surface area contributed by atoms with Gasteiger partial charge in [0.15, 0.2) is 11.0 Å². The number of benzene rings is 2. The van der Waals surface area contributed by atoms with Gasteiger partial charge in [-0.15, -0.1) is 10.2 Å². The summed E-state index contributed by atoms with van der Waals surface area (Å²) >= 11 is 1.49. The molecule has 0 saturated heterocycles. The third-order valence-electron chi connectivity index (χ3n) is 5.49. The van der Waals surface area contributed by atoms with E-state index in [4.69, 9.17) is 0 Å². The molecular formula is C23H26N4OS. The van der Waals surface area contributed by atoms with Crippen LogP contribution in [0.25, 0.3) is 11.4 Å². The van der Waals surface area contributed by atoms with E-state index in [9.17, 15) is 4.79 Å². The van der Waals surface area contributed by atoms with Gasteiger partial charge in [0.1, 0.15) is 0 Å². The Bertz CT molecular complexity index is 1040. The van der Waals surface area contributed by atoms with E-state index in [1.165, 1.54) is 17.3 Å². The molecule has 1 amide bonds. The number of thioether (sulfide) groups is 1. The molecule has 5 nitrogen and oxygen atoms in total. The molecule has 2 aromatic carbocycles. The molecule has 1 aliphatic rings. The van der Waals surface area contributed by atoms with Crippen LogP contribution in [-0.2, 0) is 17.8 Å². The van der Waals surface area contributed by atoms with Crippen molar-refractivity contribution in [2.24, 2.45) is 0 Å². The summed E-state index contributed by atoms with van der Waals surface area (Å²) in [5, 5.41) is 9.40. The summed E-state index contributed by atoms with van der Waals surface area (Å²) in [5.74, 6) is 0.975. The van der Waals surface area contributed by atoms with Crippen molar-refractivity contribution in [3.05, 3.63) is 59.7 Å². The smallest absolute Gasteiger partial charge is 0.240 e. The molecule has 6 heteroatoms. The summed E-state index contributed by atoms with van der Waals surface area (Å²) < 4.78 is 2.10. The molecule has 0 fully saturated rings. The van der Waals surface area contributed by atoms with Crippen molar-refractivity contribution in [1.29, 1.82) is 0 Å². The summed E-state index contributed by atoms with van der Waals surface area (Å²) in [6, 6.07) is 16.5. The molecule has 0 bridgehead atoms. The Morgan fingerprint density at radius 2 is 1.90 bits per heavy atom. The summed E-state index contributed by atoms with van der Waals surface area (Å²) in [4.78, 5) is 15.2. The fraction of sp³-hybridized carbons (Fsp3) is 0.348. The van der Waals surface area contributed by atoms with E-state index < -0.39 is 0 Å². The second-order valence-electron chi connectivity index (χ2n) is 7.52. The zero-order chi connectivity index (χ0) is 20.5. The van der Waals surface area contributed by atoms with Gasteiger partial charge in [0, 0.05) is 23.8 Å². The lowest BCUT2D eigenvalue weighted by Crippen LogP contribution is -2.40. The number of hydrogen-bond acceptors (Lipinski definition) is 4. The second kappa shape index (κ2) is 8.03. The maximum Gasteiger partial charge on any atom is 0.240 e. The van der Waals surface area contributed by atoms with E-state index in [-0.39, 0.29) is 17.2 Å². The van der Waals surface area contributed by atoms with Crippen molar-refractivity contribution in [1.82, 2.24) is 14.8 Å². The van der Waals surface area contributed by atoms with Crippen molar-refractivity contribution in [2.45, 2.75) is 57.1 Å². The number of amides is 1. The van der Waals surface area contributed by atoms with Gasteiger partial charge in [-0.05, 0) is 51.3 Å². The number of fused-ring (bicyclic) bond motifs is 1. The van der Waals surface area contributed by atoms with Gasteiger partial charge in [-0.3, -0.25) is 4.79 Å². The molecule has 0 aliphatic carbocycles. The van der Waals surface area contributed by atoms with E-state index in [1.54, 1.807) is 0 Å². The Labute approximate surface area is 176 Å². The highest BCUT2D eigenvalue weighted by Gasteiger charge is 2.34. The Balaban J connectivity index is 1.59. The third kappa shape index (κ3) is 3.57. The van der Waals surface area contributed by atoms with Crippen LogP contribution in [0.2, 0.25) is 0 Å². The van der Waals surface area contributed by atoms with Crippen LogP contribution in [-0.4, -0.2) is 32.0 Å². The van der Waals surface area contributed by atoms with E-state index in [0.717, 1.165) is 40.8 Å². The van der Waals surface area contributed by atoms with Gasteiger partial charge in [0.2, 0.25) is 5.91 Å². The SMILES string of the molecule is CCn1c(S[C@@H](C)C(=O)N2c3ccccc3C[C@@H]2C)nnc1-c1ccccc1C. The number of hydrogen-bond donors (Lipinski definition) is 0. The van der Waals surface area contributed by atoms with Crippen molar-refractivity contribution in [3.8, 4) is 11.4 Å². The minimum absolute atomic E-state index is 0.121. The molecule has 4 rings (SSSR count). The van der Waals surface area contributed by atoms with Crippen LogP contribution < -0.4 is 4.90 Å². The molecule has 0 saturated carbocycles. The van der Waals surface area contributed by atoms with Gasteiger partial charge in [0.25, 0.3) is 0 Å². The average Bonchev–Trinajstić information content (AvgIpc) is 3.27. The molecule has 0 unspecified atom stereocenters. The number of anilines is 1. The standard InChI is InChI=1S/C23H26N4OS/c1-5-26-21(19-12-8-6-10-15(19)2)24-25-23(26)29-17(4)22(28)27-16(3)14-18-11-7-9-13-20(18)27/h6-13,16-17H,5,14H2,1-4H3/t16-,17-/m0/s1. The minimum Gasteiger partial charge on any atom is -0.308 e. The molecule has 1 aliphatic heterocycles. The zero-order valence-electron chi connectivity index (χ0n) is 17.3. The first-order valence-electron chi connectivity index (χ1n) is 10.1. The van der Waals surface area contributed by atoms with Crippen LogP contribution in [0.1, 0.15) is 31.9 Å². The molecule has 150 valence electrons. The highest BCUT2D eigenvalue weighted by atomic mass is 32.2. The van der Waals surface area contributed by atoms with Gasteiger partial charge >= 0.3 is 0 Å². The van der Waals surface area contributed by atoms with Crippen LogP contribution in [0.4, 0.5) is 5.69 Å². The van der Waals surface area contributed by atoms with Crippen LogP contribution in [0.15, 0.2) is 53.7 Å². The van der Waals surface area contributed by atoms with Gasteiger partial charge in [0.05, 0.1) is 5.25 Å². The Hall–Kier alpha value is -2.60. The molecule has 3 aromatic rings. The first-order chi connectivity index (χ1) is 14.0. The van der Waals surface area contributed by atoms with Crippen molar-refractivity contribution < 1.29 is 4.79 Å². The van der Waals surface area contributed by atoms with Crippen LogP contribution in [0, 0.1) is 6.92 Å². The predicted molar refractivity (Wildman–Crippen MR) is 118 cm³/mol. The van der Waals surface area contributed by atoms with E-state index in [0.29, 0.717) is 0 Å². The fourth-order valence-corrected chi connectivity index (χ4v) is 4.95. The maximum atomic E-state index is 13.3. The third-order valence-corrected chi connectivity index (χ3v) is 6.56. The second-order valence-corrected chi connectivity index (χ2v) is 8.82. The summed E-state index contributed by atoms with van der Waals surface area (Å²) in [6.45, 7) is 8.99. The average molecular weight is 407 g/mol. The van der Waals surface area contributed by atoms with Crippen molar-refractivity contribution >= 4 is 23.4 Å². The van der Waals surface area contributed by atoms with Gasteiger partial charge in [-0.25, -0.2) is 0 Å². The van der Waals surface area contributed by atoms with Crippen molar-refractivity contribution in [2.75, 3.05) is 4.90 Å². The number of aryl methyl sites for hydroxylation is 1. The molecule has 29 heavy (non-hydrogen) atoms. The highest BCUT2D eigenvalue weighted by molar-refractivity contribution is 8.00. The van der Waals surface area contributed by atoms with E-state index >= 15 is 0 Å². The Morgan fingerprint density at radius 3 is 2.66 bits per heavy atom. The van der Waals surface area contributed by atoms with Crippen LogP contribution >= 0.6 is 11.8 Å². The zero-order valence-corrected chi connectivity index (χ0v) is 18.1. The lowest BCUT2D eigenvalue weighted by molar-refractivity contribution is -0.118. The fourth-order valence-electron chi connectivity index (χ4n) is 3.99. The molecule has 2 atom stereocenters. The minimum atomic E-state index is -0.247. The molecular weight excluding hydrogens is 380 g/mol. The topological polar surface area (TPSA) is 51.0 Å². The number of nitrogens with zero attached hydrogens (tertiary/aromatic N) is 4. The summed E-state index contributed by atoms with van der Waals surface area (Å²) in [7, 11) is 0. The van der Waals surface area contributed by atoms with E-state index in [1.807, 2.05) is 42.2 Å². The summed E-state index contributed by atoms with van der Waals surface area (Å²) in [5.41, 5.74) is 4.52. The van der Waals surface area contributed by atoms with Crippen LogP contribution in [0.5, 0.6) is 0 Å². The van der Waals surface area contributed by atoms with Gasteiger partial charge < -0.3 is 9.47 Å². The molecule has 0 spiro atoms. The lowest BCUT2D eigenvalue weighted by atomic mass is 10.1. The number of carbonyl (C=O) groups is 1. The number of para-hydroxylation sites is 1. The van der Waals surface area contributed by atoms with Gasteiger partial charge in [-0.2, -0.15) is 0 Å². The molecule has 0 radical (unpaired) electrons. The molecule has 2 heterocycles. The number of rotatable bonds is 5. The number of carbonyl (C=O) groups excluding carboxylic acids is 1. The molecule has 0 N–H and O–H groups in total. The van der Waals surface area contributed by atoms with Gasteiger partial charge in [-0.1, -0.05) is 54.2 Å². The predicted octanol–water partition coefficient (Wildman–Crippen LogP) is 4.73. The Morgan fingerprint density at radius 1 is 1.17 bits per heavy atom. The normalized spacial score (nSPS) is 16.7. The molecule has 1 aromatic heterocycles. The lowest BCUT2D eigenvalue weighted by Gasteiger charge is -2.25.